The Morgan fingerprint density at radius 3 is 2.82 bits per heavy atom. The van der Waals surface area contributed by atoms with E-state index in [1.165, 1.54) is 11.8 Å². The predicted octanol–water partition coefficient (Wildman–Crippen LogP) is 3.20. The van der Waals surface area contributed by atoms with Crippen LogP contribution in [0.25, 0.3) is 0 Å². The molecule has 0 bridgehead atoms. The van der Waals surface area contributed by atoms with E-state index >= 15 is 0 Å². The molecule has 0 aliphatic rings. The van der Waals surface area contributed by atoms with Crippen molar-refractivity contribution in [2.75, 3.05) is 0 Å². The van der Waals surface area contributed by atoms with Crippen LogP contribution in [0.15, 0.2) is 41.9 Å². The second kappa shape index (κ2) is 6.07. The summed E-state index contributed by atoms with van der Waals surface area (Å²) >= 11 is 1.57. The zero-order valence-electron chi connectivity index (χ0n) is 12.0. The van der Waals surface area contributed by atoms with Gasteiger partial charge in [0.15, 0.2) is 5.82 Å². The topological polar surface area (TPSA) is 73.8 Å². The minimum Gasteiger partial charge on any atom is -0.358 e. The van der Waals surface area contributed by atoms with E-state index in [0.717, 1.165) is 17.1 Å². The molecule has 6 nitrogen and oxygen atoms in total. The lowest BCUT2D eigenvalue weighted by atomic mass is 10.2. The highest BCUT2D eigenvalue weighted by Gasteiger charge is 2.18. The average Bonchev–Trinajstić information content (AvgIpc) is 3.08. The lowest BCUT2D eigenvalue weighted by Gasteiger charge is -2.00. The molecule has 0 saturated heterocycles. The lowest BCUT2D eigenvalue weighted by molar-refractivity contribution is -0.392. The van der Waals surface area contributed by atoms with Gasteiger partial charge in [0, 0.05) is 18.7 Å². The quantitative estimate of drug-likeness (QED) is 0.535. The van der Waals surface area contributed by atoms with E-state index in [1.807, 2.05) is 23.6 Å². The third-order valence-corrected chi connectivity index (χ3v) is 4.24. The number of nitro groups is 1. The summed E-state index contributed by atoms with van der Waals surface area (Å²) in [5.74, 6) is 0.611. The Balaban J connectivity index is 1.78. The molecule has 22 heavy (non-hydrogen) atoms. The molecular formula is C15H14N4O2S. The van der Waals surface area contributed by atoms with Crippen LogP contribution in [0.4, 0.5) is 5.82 Å². The van der Waals surface area contributed by atoms with Crippen molar-refractivity contribution in [2.24, 2.45) is 0 Å². The van der Waals surface area contributed by atoms with Gasteiger partial charge in [0.2, 0.25) is 0 Å². The number of rotatable bonds is 5. The maximum absolute atomic E-state index is 11.0. The minimum atomic E-state index is -0.419. The summed E-state index contributed by atoms with van der Waals surface area (Å²) in [6.07, 6.45) is 2.06. The first kappa shape index (κ1) is 14.4. The van der Waals surface area contributed by atoms with Crippen molar-refractivity contribution in [3.8, 4) is 0 Å². The molecule has 0 atom stereocenters. The van der Waals surface area contributed by atoms with Crippen LogP contribution < -0.4 is 0 Å². The van der Waals surface area contributed by atoms with Gasteiger partial charge >= 0.3 is 5.82 Å². The number of imidazole rings is 1. The predicted molar refractivity (Wildman–Crippen MR) is 84.1 cm³/mol. The molecule has 7 heteroatoms. The van der Waals surface area contributed by atoms with E-state index < -0.39 is 4.92 Å². The SMILES string of the molecule is Cc1ncc([N+](=O)[O-])n1Cc1csc(Cc2ccccc2)n1. The number of hydrogen-bond donors (Lipinski definition) is 0. The standard InChI is InChI=1S/C15H14N4O2S/c1-11-16-8-15(19(20)21)18(11)9-13-10-22-14(17-13)7-12-5-3-2-4-6-12/h2-6,8,10H,7,9H2,1H3. The number of hydrogen-bond acceptors (Lipinski definition) is 5. The van der Waals surface area contributed by atoms with Crippen LogP contribution in [-0.2, 0) is 13.0 Å². The Kier molecular flexibility index (Phi) is 3.97. The second-order valence-corrected chi connectivity index (χ2v) is 5.84. The molecule has 0 aliphatic carbocycles. The van der Waals surface area contributed by atoms with E-state index in [1.54, 1.807) is 22.8 Å². The smallest absolute Gasteiger partial charge is 0.343 e. The molecule has 112 valence electrons. The number of thiazole rings is 1. The first-order valence-electron chi connectivity index (χ1n) is 6.77. The molecule has 2 aromatic heterocycles. The molecular weight excluding hydrogens is 300 g/mol. The van der Waals surface area contributed by atoms with E-state index in [-0.39, 0.29) is 5.82 Å². The highest BCUT2D eigenvalue weighted by molar-refractivity contribution is 7.09. The number of nitrogens with zero attached hydrogens (tertiary/aromatic N) is 4. The molecule has 0 unspecified atom stereocenters. The number of aryl methyl sites for hydroxylation is 1. The van der Waals surface area contributed by atoms with Gasteiger partial charge in [-0.1, -0.05) is 30.3 Å². The second-order valence-electron chi connectivity index (χ2n) is 4.90. The van der Waals surface area contributed by atoms with Crippen LogP contribution in [0.5, 0.6) is 0 Å². The van der Waals surface area contributed by atoms with Gasteiger partial charge in [-0.2, -0.15) is 0 Å². The maximum atomic E-state index is 11.0. The lowest BCUT2D eigenvalue weighted by Crippen LogP contribution is -2.06. The van der Waals surface area contributed by atoms with E-state index in [4.69, 9.17) is 0 Å². The summed E-state index contributed by atoms with van der Waals surface area (Å²) in [5, 5.41) is 13.9. The molecule has 3 rings (SSSR count). The van der Waals surface area contributed by atoms with Crippen molar-refractivity contribution in [1.82, 2.24) is 14.5 Å². The Hall–Kier alpha value is -2.54. The Morgan fingerprint density at radius 2 is 2.09 bits per heavy atom. The fraction of sp³-hybridized carbons (Fsp3) is 0.200. The largest absolute Gasteiger partial charge is 0.358 e. The van der Waals surface area contributed by atoms with Gasteiger partial charge in [0.1, 0.15) is 12.7 Å². The third-order valence-electron chi connectivity index (χ3n) is 3.34. The number of benzene rings is 1. The van der Waals surface area contributed by atoms with Crippen LogP contribution in [0.2, 0.25) is 0 Å². The van der Waals surface area contributed by atoms with Crippen molar-refractivity contribution in [3.05, 3.63) is 74.1 Å². The van der Waals surface area contributed by atoms with Crippen LogP contribution in [-0.4, -0.2) is 19.5 Å². The first-order chi connectivity index (χ1) is 10.6. The summed E-state index contributed by atoms with van der Waals surface area (Å²) < 4.78 is 1.57. The molecule has 0 saturated carbocycles. The molecule has 3 aromatic rings. The maximum Gasteiger partial charge on any atom is 0.343 e. The zero-order chi connectivity index (χ0) is 15.5. The Labute approximate surface area is 131 Å². The molecule has 0 N–H and O–H groups in total. The summed E-state index contributed by atoms with van der Waals surface area (Å²) in [5.41, 5.74) is 2.02. The van der Waals surface area contributed by atoms with Gasteiger partial charge in [0.25, 0.3) is 0 Å². The fourth-order valence-electron chi connectivity index (χ4n) is 2.23. The Bertz CT molecular complexity index is 795. The van der Waals surface area contributed by atoms with Crippen molar-refractivity contribution in [3.63, 3.8) is 0 Å². The van der Waals surface area contributed by atoms with E-state index in [2.05, 4.69) is 22.1 Å². The van der Waals surface area contributed by atoms with Gasteiger partial charge < -0.3 is 10.1 Å². The van der Waals surface area contributed by atoms with Crippen LogP contribution in [0.1, 0.15) is 22.1 Å². The van der Waals surface area contributed by atoms with Crippen LogP contribution in [0, 0.1) is 17.0 Å². The van der Waals surface area contributed by atoms with Gasteiger partial charge in [-0.15, -0.1) is 11.3 Å². The van der Waals surface area contributed by atoms with Gasteiger partial charge in [-0.05, 0) is 10.5 Å². The highest BCUT2D eigenvalue weighted by atomic mass is 32.1. The molecule has 0 aliphatic heterocycles. The third kappa shape index (κ3) is 3.04. The van der Waals surface area contributed by atoms with E-state index in [0.29, 0.717) is 12.4 Å². The Morgan fingerprint density at radius 1 is 1.32 bits per heavy atom. The molecule has 0 fully saturated rings. The van der Waals surface area contributed by atoms with Crippen molar-refractivity contribution < 1.29 is 4.92 Å². The first-order valence-corrected chi connectivity index (χ1v) is 7.65. The summed E-state index contributed by atoms with van der Waals surface area (Å²) in [4.78, 5) is 19.2. The molecule has 2 heterocycles. The molecule has 0 amide bonds. The monoisotopic (exact) mass is 314 g/mol. The summed E-state index contributed by atoms with van der Waals surface area (Å²) in [7, 11) is 0. The molecule has 1 aromatic carbocycles. The average molecular weight is 314 g/mol. The fourth-order valence-corrected chi connectivity index (χ4v) is 3.05. The van der Waals surface area contributed by atoms with Crippen molar-refractivity contribution in [1.29, 1.82) is 0 Å². The van der Waals surface area contributed by atoms with Crippen molar-refractivity contribution >= 4 is 17.2 Å². The summed E-state index contributed by atoms with van der Waals surface area (Å²) in [6, 6.07) is 10.1. The van der Waals surface area contributed by atoms with Crippen molar-refractivity contribution in [2.45, 2.75) is 19.9 Å². The van der Waals surface area contributed by atoms with E-state index in [9.17, 15) is 10.1 Å². The summed E-state index contributed by atoms with van der Waals surface area (Å²) in [6.45, 7) is 2.12. The molecule has 0 spiro atoms. The van der Waals surface area contributed by atoms with Gasteiger partial charge in [0.05, 0.1) is 10.7 Å². The van der Waals surface area contributed by atoms with Crippen LogP contribution >= 0.6 is 11.3 Å². The van der Waals surface area contributed by atoms with Crippen LogP contribution in [0.3, 0.4) is 0 Å². The van der Waals surface area contributed by atoms with Gasteiger partial charge in [-0.25, -0.2) is 14.5 Å². The minimum absolute atomic E-state index is 0.00453. The highest BCUT2D eigenvalue weighted by Crippen LogP contribution is 2.19. The van der Waals surface area contributed by atoms with Gasteiger partial charge in [-0.3, -0.25) is 0 Å². The molecule has 0 radical (unpaired) electrons. The zero-order valence-corrected chi connectivity index (χ0v) is 12.8. The number of aromatic nitrogens is 3. The normalized spacial score (nSPS) is 10.8.